The molecule has 0 bridgehead atoms. The van der Waals surface area contributed by atoms with Crippen LogP contribution in [0.3, 0.4) is 0 Å². The van der Waals surface area contributed by atoms with Gasteiger partial charge in [0.25, 0.3) is 0 Å². The summed E-state index contributed by atoms with van der Waals surface area (Å²) in [5.74, 6) is 0. The van der Waals surface area contributed by atoms with Gasteiger partial charge in [0.1, 0.15) is 0 Å². The molecular weight excluding hydrogens is 362 g/mol. The van der Waals surface area contributed by atoms with E-state index in [1.54, 1.807) is 0 Å². The Morgan fingerprint density at radius 2 is 0.833 bits per heavy atom. The summed E-state index contributed by atoms with van der Waals surface area (Å²) >= 11 is -3.29. The van der Waals surface area contributed by atoms with Crippen molar-refractivity contribution in [3.8, 4) is 0 Å². The Morgan fingerprint density at radius 3 is 0.833 bits per heavy atom. The summed E-state index contributed by atoms with van der Waals surface area (Å²) in [7, 11) is 20.1. The Morgan fingerprint density at radius 1 is 0.833 bits per heavy atom. The topological polar surface area (TPSA) is 0 Å². The van der Waals surface area contributed by atoms with E-state index in [0.717, 1.165) is 0 Å². The van der Waals surface area contributed by atoms with Gasteiger partial charge < -0.3 is 0 Å². The first-order chi connectivity index (χ1) is 2.00. The zero-order valence-electron chi connectivity index (χ0n) is 2.37. The fourth-order valence-electron chi connectivity index (χ4n) is 0. The molecule has 0 saturated carbocycles. The molecule has 0 aromatic heterocycles. The van der Waals surface area contributed by atoms with Crippen LogP contribution < -0.4 is 0 Å². The normalized spacial score (nSPS) is 10.0. The Bertz CT molecular complexity index is 23.0. The molecule has 6 heteroatoms. The monoisotopic (exact) mass is 362 g/mol. The van der Waals surface area contributed by atoms with E-state index in [1.165, 1.54) is 0 Å². The zero-order valence-corrected chi connectivity index (χ0v) is 9.98. The fraction of sp³-hybridized carbons (Fsp3) is 0. The molecule has 0 aliphatic carbocycles. The largest absolute Gasteiger partial charge is 0 e. The van der Waals surface area contributed by atoms with E-state index in [2.05, 4.69) is 0 Å². The first-order valence-electron chi connectivity index (χ1n) is 0.756. The van der Waals surface area contributed by atoms with Crippen LogP contribution in [0.15, 0.2) is 0 Å². The Kier molecular flexibility index (Phi) is 8.46. The molecule has 0 saturated heterocycles. The molecule has 0 aromatic rings. The van der Waals surface area contributed by atoms with Crippen LogP contribution in [0.2, 0.25) is 0 Å². The molecule has 0 aliphatic heterocycles. The molecule has 0 radical (unpaired) electrons. The van der Waals surface area contributed by atoms with Gasteiger partial charge in [-0.1, -0.05) is 0 Å². The van der Waals surface area contributed by atoms with Crippen LogP contribution in [0.4, 0.5) is 0 Å². The Hall–Kier alpha value is 2.58. The third-order valence-electron chi connectivity index (χ3n) is 0. The van der Waals surface area contributed by atoms with Crippen LogP contribution in [0.25, 0.3) is 0 Å². The van der Waals surface area contributed by atoms with Crippen molar-refractivity contribution in [1.29, 1.82) is 0 Å². The molecule has 0 atom stereocenters. The van der Waals surface area contributed by atoms with E-state index >= 15 is 0 Å². The maximum Gasteiger partial charge on any atom is 0 e. The minimum Gasteiger partial charge on any atom is 0 e. The second kappa shape index (κ2) is 4.46. The van der Waals surface area contributed by atoms with Crippen molar-refractivity contribution in [1.82, 2.24) is 0 Å². The smallest absolute Gasteiger partial charge is 0 e. The number of halogens is 4. The first-order valence-corrected chi connectivity index (χ1v) is 15.2. The maximum atomic E-state index is 5.04. The standard InChI is InChI=1S/4ClH.Ru.Sn/h4*1H;;/q;;;;;+4/p-4. The predicted octanol–water partition coefficient (Wildman–Crippen LogP) is 2.37. The van der Waals surface area contributed by atoms with Gasteiger partial charge in [0.2, 0.25) is 0 Å². The molecular formula is Cl4RuSn. The summed E-state index contributed by atoms with van der Waals surface area (Å²) in [5.41, 5.74) is 0. The van der Waals surface area contributed by atoms with Gasteiger partial charge in [-0.2, -0.15) is 0 Å². The number of rotatable bonds is 0. The summed E-state index contributed by atoms with van der Waals surface area (Å²) in [6.07, 6.45) is 0. The Labute approximate surface area is 68.0 Å². The van der Waals surface area contributed by atoms with Crippen molar-refractivity contribution in [2.24, 2.45) is 0 Å². The SMILES string of the molecule is [Cl][Sn]([Cl])([Cl])[Cl].[Ru]. The predicted molar refractivity (Wildman–Crippen MR) is 29.2 cm³/mol. The molecule has 0 amide bonds. The molecule has 0 heterocycles. The molecule has 0 nitrogen and oxygen atoms in total. The van der Waals surface area contributed by atoms with E-state index < -0.39 is 13.9 Å². The summed E-state index contributed by atoms with van der Waals surface area (Å²) < 4.78 is 0. The van der Waals surface area contributed by atoms with Gasteiger partial charge in [-0.15, -0.1) is 0 Å². The Balaban J connectivity index is 0. The average Bonchev–Trinajstić information content (AvgIpc) is 0.722. The zero-order chi connectivity index (χ0) is 4.50. The van der Waals surface area contributed by atoms with Crippen LogP contribution in [0, 0.1) is 0 Å². The van der Waals surface area contributed by atoms with E-state index in [-0.39, 0.29) is 19.5 Å². The molecule has 0 spiro atoms. The second-order valence-corrected chi connectivity index (χ2v) is 25.9. The van der Waals surface area contributed by atoms with Crippen molar-refractivity contribution in [2.45, 2.75) is 0 Å². The van der Waals surface area contributed by atoms with E-state index in [1.807, 2.05) is 0 Å². The maximum absolute atomic E-state index is 5.04. The summed E-state index contributed by atoms with van der Waals surface area (Å²) in [6.45, 7) is 0. The minimum atomic E-state index is -3.29. The van der Waals surface area contributed by atoms with Gasteiger partial charge in [-0.3, -0.25) is 0 Å². The molecule has 6 heavy (non-hydrogen) atoms. The van der Waals surface area contributed by atoms with Gasteiger partial charge >= 0.3 is 49.6 Å². The van der Waals surface area contributed by atoms with Gasteiger partial charge in [-0.25, -0.2) is 0 Å². The summed E-state index contributed by atoms with van der Waals surface area (Å²) in [6, 6.07) is 0. The van der Waals surface area contributed by atoms with Crippen LogP contribution in [-0.2, 0) is 19.5 Å². The quantitative estimate of drug-likeness (QED) is 0.581. The van der Waals surface area contributed by atoms with Crippen molar-refractivity contribution in [3.63, 3.8) is 0 Å². The van der Waals surface area contributed by atoms with Crippen molar-refractivity contribution in [3.05, 3.63) is 0 Å². The van der Waals surface area contributed by atoms with Crippen LogP contribution in [0.1, 0.15) is 0 Å². The number of hydrogen-bond donors (Lipinski definition) is 0. The molecule has 0 fully saturated rings. The van der Waals surface area contributed by atoms with Gasteiger partial charge in [-0.05, 0) is 0 Å². The van der Waals surface area contributed by atoms with Crippen LogP contribution in [-0.4, -0.2) is 13.9 Å². The van der Waals surface area contributed by atoms with E-state index in [9.17, 15) is 0 Å². The molecule has 40 valence electrons. The summed E-state index contributed by atoms with van der Waals surface area (Å²) in [4.78, 5) is 0. The molecule has 0 aliphatic rings. The second-order valence-electron chi connectivity index (χ2n) is 0.429. The van der Waals surface area contributed by atoms with Crippen LogP contribution >= 0.6 is 35.7 Å². The molecule has 0 aromatic carbocycles. The minimum absolute atomic E-state index is 0. The van der Waals surface area contributed by atoms with Gasteiger partial charge in [0, 0.05) is 19.5 Å². The molecule has 0 N–H and O–H groups in total. The van der Waals surface area contributed by atoms with E-state index in [0.29, 0.717) is 0 Å². The third-order valence-corrected chi connectivity index (χ3v) is 0. The van der Waals surface area contributed by atoms with Crippen LogP contribution in [0.5, 0.6) is 0 Å². The average molecular weight is 362 g/mol. The first kappa shape index (κ1) is 11.4. The van der Waals surface area contributed by atoms with Gasteiger partial charge in [0.15, 0.2) is 0 Å². The third kappa shape index (κ3) is 30.8. The van der Waals surface area contributed by atoms with E-state index in [4.69, 9.17) is 35.7 Å². The van der Waals surface area contributed by atoms with Crippen molar-refractivity contribution >= 4 is 49.6 Å². The fourth-order valence-corrected chi connectivity index (χ4v) is 0. The van der Waals surface area contributed by atoms with Gasteiger partial charge in [0.05, 0.1) is 0 Å². The number of hydrogen-bond acceptors (Lipinski definition) is 0. The molecule has 0 rings (SSSR count). The molecule has 0 unspecified atom stereocenters. The van der Waals surface area contributed by atoms with Crippen molar-refractivity contribution in [2.75, 3.05) is 0 Å². The van der Waals surface area contributed by atoms with Crippen molar-refractivity contribution < 1.29 is 19.5 Å². The summed E-state index contributed by atoms with van der Waals surface area (Å²) in [5, 5.41) is 0.